The molecule has 0 saturated heterocycles. The highest BCUT2D eigenvalue weighted by molar-refractivity contribution is 6.49. The van der Waals surface area contributed by atoms with Crippen molar-refractivity contribution in [1.29, 1.82) is 0 Å². The van der Waals surface area contributed by atoms with Gasteiger partial charge in [0, 0.05) is 11.1 Å². The molecule has 1 aliphatic rings. The van der Waals surface area contributed by atoms with Gasteiger partial charge in [-0.1, -0.05) is 29.4 Å². The van der Waals surface area contributed by atoms with Crippen LogP contribution >= 0.6 is 0 Å². The van der Waals surface area contributed by atoms with E-state index in [1.165, 1.54) is 13.3 Å². The average molecular weight is 430 g/mol. The van der Waals surface area contributed by atoms with Gasteiger partial charge in [-0.3, -0.25) is 14.6 Å². The number of amides is 1. The fourth-order valence-corrected chi connectivity index (χ4v) is 3.30. The normalized spacial score (nSPS) is 14.5. The van der Waals surface area contributed by atoms with Crippen molar-refractivity contribution in [2.45, 2.75) is 26.4 Å². The molecule has 0 aliphatic carbocycles. The van der Waals surface area contributed by atoms with E-state index in [2.05, 4.69) is 20.4 Å². The number of benzene rings is 2. The number of carbonyl (C=O) groups excluding carboxylic acids is 2. The number of ether oxygens (including phenoxy) is 1. The predicted octanol–water partition coefficient (Wildman–Crippen LogP) is 3.79. The van der Waals surface area contributed by atoms with Crippen molar-refractivity contribution in [3.05, 3.63) is 71.5 Å². The number of oxime groups is 1. The quantitative estimate of drug-likeness (QED) is 0.661. The number of hydrogen-bond donors (Lipinski definition) is 1. The number of hydrogen-bond acceptors (Lipinski definition) is 7. The van der Waals surface area contributed by atoms with Gasteiger partial charge in [-0.2, -0.15) is 0 Å². The largest absolute Gasteiger partial charge is 0.496 e. The van der Waals surface area contributed by atoms with Gasteiger partial charge < -0.3 is 14.9 Å². The van der Waals surface area contributed by atoms with Crippen molar-refractivity contribution in [1.82, 2.24) is 9.97 Å². The average Bonchev–Trinajstić information content (AvgIpc) is 3.07. The molecule has 1 aliphatic heterocycles. The van der Waals surface area contributed by atoms with E-state index >= 15 is 0 Å². The summed E-state index contributed by atoms with van der Waals surface area (Å²) in [6, 6.07) is 12.5. The summed E-state index contributed by atoms with van der Waals surface area (Å²) in [5.41, 5.74) is 2.73. The molecule has 0 atom stereocenters. The first-order valence-corrected chi connectivity index (χ1v) is 9.99. The maximum Gasteiger partial charge on any atom is 0.260 e. The van der Waals surface area contributed by atoms with Gasteiger partial charge in [-0.05, 0) is 44.5 Å². The molecule has 8 nitrogen and oxygen atoms in total. The number of nitrogens with zero attached hydrogens (tertiary/aromatic N) is 3. The standard InChI is InChI=1S/C24H22N4O4/c1-14-9-10-15(21-22(29)24(2,3)32-28-21)11-17(14)18-12-26-20(13-25-18)27-23(30)16-7-5-6-8-19(16)31-4/h5-13H,1-4H3,(H,26,27,30). The zero-order valence-corrected chi connectivity index (χ0v) is 18.2. The van der Waals surface area contributed by atoms with Gasteiger partial charge in [0.2, 0.25) is 5.78 Å². The number of carbonyl (C=O) groups is 2. The fraction of sp³-hybridized carbons (Fsp3) is 0.208. The molecule has 162 valence electrons. The molecule has 8 heteroatoms. The lowest BCUT2D eigenvalue weighted by molar-refractivity contribution is -0.128. The van der Waals surface area contributed by atoms with Gasteiger partial charge in [0.05, 0.1) is 30.8 Å². The van der Waals surface area contributed by atoms with Gasteiger partial charge in [0.1, 0.15) is 5.75 Å². The van der Waals surface area contributed by atoms with E-state index in [9.17, 15) is 9.59 Å². The molecule has 2 aromatic carbocycles. The Labute approximate surface area is 185 Å². The number of aromatic nitrogens is 2. The SMILES string of the molecule is COc1ccccc1C(=O)Nc1cnc(-c2cc(C3=NOC(C)(C)C3=O)ccc2C)cn1. The first-order chi connectivity index (χ1) is 15.3. The molecule has 0 spiro atoms. The molecule has 1 amide bonds. The summed E-state index contributed by atoms with van der Waals surface area (Å²) in [5, 5.41) is 6.69. The molecule has 0 bridgehead atoms. The van der Waals surface area contributed by atoms with Crippen LogP contribution in [0.5, 0.6) is 5.75 Å². The maximum absolute atomic E-state index is 12.6. The number of ketones is 1. The van der Waals surface area contributed by atoms with Crippen LogP contribution < -0.4 is 10.1 Å². The van der Waals surface area contributed by atoms with Gasteiger partial charge in [-0.15, -0.1) is 0 Å². The van der Waals surface area contributed by atoms with Gasteiger partial charge in [-0.25, -0.2) is 4.98 Å². The van der Waals surface area contributed by atoms with E-state index in [1.807, 2.05) is 25.1 Å². The minimum absolute atomic E-state index is 0.173. The summed E-state index contributed by atoms with van der Waals surface area (Å²) in [7, 11) is 1.51. The highest BCUT2D eigenvalue weighted by atomic mass is 16.7. The Kier molecular flexibility index (Phi) is 5.44. The second-order valence-corrected chi connectivity index (χ2v) is 7.84. The molecule has 0 radical (unpaired) electrons. The minimum atomic E-state index is -0.971. The Morgan fingerprint density at radius 1 is 1.09 bits per heavy atom. The van der Waals surface area contributed by atoms with Crippen LogP contribution in [0.15, 0.2) is 60.0 Å². The van der Waals surface area contributed by atoms with Crippen molar-refractivity contribution in [2.24, 2.45) is 5.16 Å². The lowest BCUT2D eigenvalue weighted by atomic mass is 9.93. The Balaban J connectivity index is 1.57. The van der Waals surface area contributed by atoms with E-state index in [4.69, 9.17) is 9.57 Å². The summed E-state index contributed by atoms with van der Waals surface area (Å²) < 4.78 is 5.23. The van der Waals surface area contributed by atoms with Crippen molar-refractivity contribution < 1.29 is 19.2 Å². The molecular weight excluding hydrogens is 408 g/mol. The molecular formula is C24H22N4O4. The van der Waals surface area contributed by atoms with Crippen molar-refractivity contribution in [2.75, 3.05) is 12.4 Å². The van der Waals surface area contributed by atoms with Crippen LogP contribution in [0.3, 0.4) is 0 Å². The predicted molar refractivity (Wildman–Crippen MR) is 120 cm³/mol. The van der Waals surface area contributed by atoms with E-state index in [0.29, 0.717) is 28.4 Å². The summed E-state index contributed by atoms with van der Waals surface area (Å²) in [5.74, 6) is 0.262. The molecule has 0 unspecified atom stereocenters. The van der Waals surface area contributed by atoms with Crippen LogP contribution in [0.1, 0.15) is 35.3 Å². The minimum Gasteiger partial charge on any atom is -0.496 e. The molecule has 1 N–H and O–H groups in total. The van der Waals surface area contributed by atoms with Crippen molar-refractivity contribution >= 4 is 23.2 Å². The summed E-state index contributed by atoms with van der Waals surface area (Å²) >= 11 is 0. The number of Topliss-reactive ketones (excluding diaryl/α,β-unsaturated/α-hetero) is 1. The van der Waals surface area contributed by atoms with E-state index in [1.54, 1.807) is 44.3 Å². The summed E-state index contributed by atoms with van der Waals surface area (Å²) in [4.78, 5) is 39.1. The van der Waals surface area contributed by atoms with Gasteiger partial charge >= 0.3 is 0 Å². The number of nitrogens with one attached hydrogen (secondary N) is 1. The van der Waals surface area contributed by atoms with Gasteiger partial charge in [0.15, 0.2) is 17.1 Å². The molecule has 0 saturated carbocycles. The smallest absolute Gasteiger partial charge is 0.260 e. The van der Waals surface area contributed by atoms with Crippen LogP contribution in [0.25, 0.3) is 11.3 Å². The maximum atomic E-state index is 12.6. The molecule has 0 fully saturated rings. The molecule has 4 rings (SSSR count). The van der Waals surface area contributed by atoms with Crippen LogP contribution in [-0.2, 0) is 9.63 Å². The topological polar surface area (TPSA) is 103 Å². The summed E-state index contributed by atoms with van der Waals surface area (Å²) in [6.07, 6.45) is 3.06. The Morgan fingerprint density at radius 2 is 1.88 bits per heavy atom. The van der Waals surface area contributed by atoms with E-state index in [-0.39, 0.29) is 17.4 Å². The van der Waals surface area contributed by atoms with E-state index in [0.717, 1.165) is 11.1 Å². The lowest BCUT2D eigenvalue weighted by Gasteiger charge is -2.12. The zero-order valence-electron chi connectivity index (χ0n) is 18.2. The first-order valence-electron chi connectivity index (χ1n) is 9.99. The third kappa shape index (κ3) is 3.94. The second-order valence-electron chi connectivity index (χ2n) is 7.84. The Morgan fingerprint density at radius 3 is 2.53 bits per heavy atom. The number of para-hydroxylation sites is 1. The highest BCUT2D eigenvalue weighted by Gasteiger charge is 2.40. The van der Waals surface area contributed by atoms with Crippen molar-refractivity contribution in [3.63, 3.8) is 0 Å². The zero-order chi connectivity index (χ0) is 22.9. The van der Waals surface area contributed by atoms with E-state index < -0.39 is 5.60 Å². The molecule has 32 heavy (non-hydrogen) atoms. The number of aryl methyl sites for hydroxylation is 1. The molecule has 3 aromatic rings. The summed E-state index contributed by atoms with van der Waals surface area (Å²) in [6.45, 7) is 5.31. The third-order valence-corrected chi connectivity index (χ3v) is 5.16. The number of rotatable bonds is 5. The first kappa shape index (κ1) is 21.2. The monoisotopic (exact) mass is 430 g/mol. The van der Waals surface area contributed by atoms with Gasteiger partial charge in [0.25, 0.3) is 5.91 Å². The van der Waals surface area contributed by atoms with Crippen LogP contribution in [-0.4, -0.2) is 40.1 Å². The third-order valence-electron chi connectivity index (χ3n) is 5.16. The van der Waals surface area contributed by atoms with Crippen molar-refractivity contribution in [3.8, 4) is 17.0 Å². The second kappa shape index (κ2) is 8.22. The Hall–Kier alpha value is -4.07. The van der Waals surface area contributed by atoms with Crippen LogP contribution in [0.2, 0.25) is 0 Å². The molecule has 1 aromatic heterocycles. The van der Waals surface area contributed by atoms with Crippen LogP contribution in [0.4, 0.5) is 5.82 Å². The fourth-order valence-electron chi connectivity index (χ4n) is 3.30. The highest BCUT2D eigenvalue weighted by Crippen LogP contribution is 2.27. The number of methoxy groups -OCH3 is 1. The molecule has 2 heterocycles. The lowest BCUT2D eigenvalue weighted by Crippen LogP contribution is -2.33. The number of anilines is 1. The Bertz CT molecular complexity index is 1230. The van der Waals surface area contributed by atoms with Crippen LogP contribution in [0, 0.1) is 6.92 Å².